The molecule has 5 aromatic rings. The van der Waals surface area contributed by atoms with Gasteiger partial charge < -0.3 is 18.9 Å². The molecule has 228 valence electrons. The summed E-state index contributed by atoms with van der Waals surface area (Å²) in [6.45, 7) is 10.8. The van der Waals surface area contributed by atoms with Crippen molar-refractivity contribution < 1.29 is 33.1 Å². The second-order valence-corrected chi connectivity index (χ2v) is 10.9. The SMILES string of the molecule is C=C(C)C(=O)c1ccc(Oc2c(Oc3ccccc3)cc(P=O)c(Oc3ccccc3)c2Oc2ccc(C(=O)C(=C)C)cc2)cc1. The van der Waals surface area contributed by atoms with E-state index in [0.717, 1.165) is 0 Å². The van der Waals surface area contributed by atoms with E-state index in [0.29, 0.717) is 45.3 Å². The number of hydrogen-bond acceptors (Lipinski definition) is 7. The predicted molar refractivity (Wildman–Crippen MR) is 178 cm³/mol. The Morgan fingerprint density at radius 1 is 0.522 bits per heavy atom. The standard InChI is InChI=1S/C38H29O7P/c1-24(2)34(39)26-15-19-30(20-16-26)43-36-32(42-28-11-7-5-8-12-28)23-33(46-41)37(44-29-13-9-6-10-14-29)38(36)45-31-21-17-27(18-22-31)35(40)25(3)4/h5-23H,1,3H2,2,4H3. The Kier molecular flexibility index (Phi) is 9.86. The van der Waals surface area contributed by atoms with Gasteiger partial charge in [0.1, 0.15) is 23.0 Å². The Morgan fingerprint density at radius 3 is 1.35 bits per heavy atom. The van der Waals surface area contributed by atoms with Crippen LogP contribution in [0.2, 0.25) is 0 Å². The highest BCUT2D eigenvalue weighted by atomic mass is 31.1. The summed E-state index contributed by atoms with van der Waals surface area (Å²) in [5, 5.41) is 0.230. The van der Waals surface area contributed by atoms with Gasteiger partial charge in [0.2, 0.25) is 11.5 Å². The summed E-state index contributed by atoms with van der Waals surface area (Å²) >= 11 is 0. The van der Waals surface area contributed by atoms with Crippen molar-refractivity contribution >= 4 is 25.3 Å². The molecule has 8 heteroatoms. The van der Waals surface area contributed by atoms with Crippen LogP contribution in [0, 0.1) is 0 Å². The van der Waals surface area contributed by atoms with Crippen LogP contribution in [0.15, 0.2) is 140 Å². The van der Waals surface area contributed by atoms with Gasteiger partial charge in [0, 0.05) is 17.2 Å². The van der Waals surface area contributed by atoms with Crippen LogP contribution in [0.25, 0.3) is 0 Å². The lowest BCUT2D eigenvalue weighted by molar-refractivity contribution is 0.102. The van der Waals surface area contributed by atoms with Crippen LogP contribution >= 0.6 is 8.46 Å². The van der Waals surface area contributed by atoms with E-state index < -0.39 is 0 Å². The molecular weight excluding hydrogens is 599 g/mol. The number of hydrogen-bond donors (Lipinski definition) is 0. The summed E-state index contributed by atoms with van der Waals surface area (Å²) in [6, 6.07) is 32.6. The molecule has 46 heavy (non-hydrogen) atoms. The Hall–Kier alpha value is -5.78. The lowest BCUT2D eigenvalue weighted by Crippen LogP contribution is -2.06. The minimum Gasteiger partial charge on any atom is -0.453 e. The quantitative estimate of drug-likeness (QED) is 0.0728. The number of para-hydroxylation sites is 2. The fourth-order valence-corrected chi connectivity index (χ4v) is 4.72. The minimum atomic E-state index is -0.371. The van der Waals surface area contributed by atoms with Crippen molar-refractivity contribution in [3.63, 3.8) is 0 Å². The molecule has 7 nitrogen and oxygen atoms in total. The number of ketones is 2. The maximum absolute atomic E-state index is 12.6. The molecule has 0 fully saturated rings. The second-order valence-electron chi connectivity index (χ2n) is 10.3. The van der Waals surface area contributed by atoms with Crippen molar-refractivity contribution in [2.75, 3.05) is 0 Å². The van der Waals surface area contributed by atoms with Crippen molar-refractivity contribution in [1.82, 2.24) is 0 Å². The van der Waals surface area contributed by atoms with Gasteiger partial charge in [-0.05, 0) is 97.8 Å². The lowest BCUT2D eigenvalue weighted by Gasteiger charge is -2.21. The van der Waals surface area contributed by atoms with Crippen molar-refractivity contribution in [2.24, 2.45) is 0 Å². The molecule has 0 amide bonds. The van der Waals surface area contributed by atoms with Crippen molar-refractivity contribution in [2.45, 2.75) is 13.8 Å². The zero-order valence-electron chi connectivity index (χ0n) is 25.2. The van der Waals surface area contributed by atoms with Gasteiger partial charge >= 0.3 is 0 Å². The second kappa shape index (κ2) is 14.3. The average Bonchev–Trinajstić information content (AvgIpc) is 3.08. The summed E-state index contributed by atoms with van der Waals surface area (Å²) in [4.78, 5) is 24.9. The molecule has 0 spiro atoms. The third-order valence-corrected chi connectivity index (χ3v) is 7.15. The molecule has 0 aliphatic heterocycles. The molecule has 0 unspecified atom stereocenters. The third kappa shape index (κ3) is 7.46. The van der Waals surface area contributed by atoms with E-state index in [2.05, 4.69) is 13.2 Å². The Bertz CT molecular complexity index is 1920. The molecule has 0 heterocycles. The normalized spacial score (nSPS) is 10.6. The molecule has 0 aliphatic carbocycles. The average molecular weight is 629 g/mol. The van der Waals surface area contributed by atoms with E-state index in [4.69, 9.17) is 18.9 Å². The van der Waals surface area contributed by atoms with Crippen molar-refractivity contribution in [3.8, 4) is 46.0 Å². The number of benzene rings is 5. The molecule has 0 aromatic heterocycles. The zero-order chi connectivity index (χ0) is 32.6. The topological polar surface area (TPSA) is 88.1 Å². The molecule has 0 atom stereocenters. The number of Topliss-reactive ketones (excluding diaryl/α,β-unsaturated/α-hetero) is 2. The highest BCUT2D eigenvalue weighted by Gasteiger charge is 2.27. The highest BCUT2D eigenvalue weighted by molar-refractivity contribution is 7.34. The first-order chi connectivity index (χ1) is 22.2. The molecule has 0 saturated heterocycles. The van der Waals surface area contributed by atoms with Gasteiger partial charge in [0.25, 0.3) is 0 Å². The van der Waals surface area contributed by atoms with Crippen LogP contribution in [0.1, 0.15) is 34.6 Å². The molecule has 0 aliphatic rings. The van der Waals surface area contributed by atoms with Crippen LogP contribution < -0.4 is 24.3 Å². The zero-order valence-corrected chi connectivity index (χ0v) is 26.1. The van der Waals surface area contributed by atoms with Crippen LogP contribution in [0.5, 0.6) is 46.0 Å². The number of carbonyl (C=O) groups is 2. The monoisotopic (exact) mass is 628 g/mol. The Labute approximate surface area is 268 Å². The first-order valence-corrected chi connectivity index (χ1v) is 15.0. The highest BCUT2D eigenvalue weighted by Crippen LogP contribution is 2.50. The predicted octanol–water partition coefficient (Wildman–Crippen LogP) is 10.3. The maximum Gasteiger partial charge on any atom is 0.217 e. The summed E-state index contributed by atoms with van der Waals surface area (Å²) < 4.78 is 38.0. The van der Waals surface area contributed by atoms with E-state index in [1.165, 1.54) is 0 Å². The molecule has 0 N–H and O–H groups in total. The molecule has 0 radical (unpaired) electrons. The fourth-order valence-electron chi connectivity index (χ4n) is 4.32. The van der Waals surface area contributed by atoms with Gasteiger partial charge in [-0.15, -0.1) is 0 Å². The first kappa shape index (κ1) is 31.6. The van der Waals surface area contributed by atoms with Gasteiger partial charge in [-0.2, -0.15) is 0 Å². The van der Waals surface area contributed by atoms with Crippen molar-refractivity contribution in [3.05, 3.63) is 151 Å². The summed E-state index contributed by atoms with van der Waals surface area (Å²) in [7, 11) is -0.371. The van der Waals surface area contributed by atoms with E-state index >= 15 is 0 Å². The number of ether oxygens (including phenoxy) is 4. The first-order valence-electron chi connectivity index (χ1n) is 14.2. The van der Waals surface area contributed by atoms with Crippen LogP contribution in [0.3, 0.4) is 0 Å². The third-order valence-electron chi connectivity index (χ3n) is 6.62. The minimum absolute atomic E-state index is 0.0664. The molecule has 5 aromatic carbocycles. The largest absolute Gasteiger partial charge is 0.453 e. The Morgan fingerprint density at radius 2 is 0.913 bits per heavy atom. The molecular formula is C38H29O7P. The Balaban J connectivity index is 1.68. The van der Waals surface area contributed by atoms with E-state index in [1.807, 2.05) is 24.3 Å². The fraction of sp³-hybridized carbons (Fsp3) is 0.0526. The smallest absolute Gasteiger partial charge is 0.217 e. The van der Waals surface area contributed by atoms with E-state index in [9.17, 15) is 14.2 Å². The number of allylic oxidation sites excluding steroid dienone is 2. The van der Waals surface area contributed by atoms with Crippen LogP contribution in [0.4, 0.5) is 0 Å². The number of carbonyl (C=O) groups excluding carboxylic acids is 2. The van der Waals surface area contributed by atoms with Crippen molar-refractivity contribution in [1.29, 1.82) is 0 Å². The summed E-state index contributed by atoms with van der Waals surface area (Å²) in [6.07, 6.45) is 0. The van der Waals surface area contributed by atoms with Gasteiger partial charge in [0.15, 0.2) is 31.5 Å². The van der Waals surface area contributed by atoms with E-state index in [-0.39, 0.29) is 48.3 Å². The molecule has 0 saturated carbocycles. The summed E-state index contributed by atoms with van der Waals surface area (Å²) in [5.41, 5.74) is 1.72. The van der Waals surface area contributed by atoms with Crippen LogP contribution in [-0.2, 0) is 4.57 Å². The van der Waals surface area contributed by atoms with Crippen LogP contribution in [-0.4, -0.2) is 11.6 Å². The lowest BCUT2D eigenvalue weighted by atomic mass is 10.1. The number of rotatable bonds is 13. The van der Waals surface area contributed by atoms with Gasteiger partial charge in [-0.3, -0.25) is 14.2 Å². The van der Waals surface area contributed by atoms with E-state index in [1.54, 1.807) is 105 Å². The maximum atomic E-state index is 12.6. The molecule has 0 bridgehead atoms. The van der Waals surface area contributed by atoms with Gasteiger partial charge in [0.05, 0.1) is 5.30 Å². The van der Waals surface area contributed by atoms with Gasteiger partial charge in [-0.25, -0.2) is 0 Å². The van der Waals surface area contributed by atoms with Gasteiger partial charge in [-0.1, -0.05) is 49.6 Å². The summed E-state index contributed by atoms with van der Waals surface area (Å²) in [5.74, 6) is 1.78. The molecule has 5 rings (SSSR count).